The largest absolute Gasteiger partial charge is 0.354 e. The molecule has 1 fully saturated rings. The fourth-order valence-electron chi connectivity index (χ4n) is 3.22. The lowest BCUT2D eigenvalue weighted by Gasteiger charge is -2.26. The van der Waals surface area contributed by atoms with Crippen molar-refractivity contribution in [1.82, 2.24) is 15.5 Å². The van der Waals surface area contributed by atoms with E-state index in [-0.39, 0.29) is 24.3 Å². The van der Waals surface area contributed by atoms with Gasteiger partial charge in [-0.2, -0.15) is 0 Å². The summed E-state index contributed by atoms with van der Waals surface area (Å²) in [6, 6.07) is 13.5. The number of likely N-dealkylation sites (tertiary alicyclic amines) is 1. The third-order valence-corrected chi connectivity index (χ3v) is 5.59. The lowest BCUT2D eigenvalue weighted by atomic mass is 10.2. The Labute approximate surface area is 158 Å². The summed E-state index contributed by atoms with van der Waals surface area (Å²) in [6.07, 6.45) is 2.73. The van der Waals surface area contributed by atoms with E-state index >= 15 is 0 Å². The van der Waals surface area contributed by atoms with Crippen molar-refractivity contribution in [2.24, 2.45) is 0 Å². The maximum atomic E-state index is 12.2. The number of amides is 2. The predicted molar refractivity (Wildman–Crippen MR) is 104 cm³/mol. The molecular formula is C20H25N3O2S. The number of thiophene rings is 1. The quantitative estimate of drug-likeness (QED) is 0.750. The van der Waals surface area contributed by atoms with Crippen molar-refractivity contribution in [2.45, 2.75) is 25.3 Å². The molecule has 2 aromatic rings. The number of benzene rings is 1. The Kier molecular flexibility index (Phi) is 6.80. The highest BCUT2D eigenvalue weighted by atomic mass is 32.1. The van der Waals surface area contributed by atoms with Gasteiger partial charge in [0.15, 0.2) is 0 Å². The summed E-state index contributed by atoms with van der Waals surface area (Å²) in [5.41, 5.74) is 0.611. The van der Waals surface area contributed by atoms with E-state index in [1.54, 1.807) is 23.5 Å². The van der Waals surface area contributed by atoms with E-state index in [1.165, 1.54) is 17.7 Å². The van der Waals surface area contributed by atoms with Crippen LogP contribution in [0.2, 0.25) is 0 Å². The Bertz CT molecular complexity index is 697. The second-order valence-electron chi connectivity index (χ2n) is 6.45. The molecule has 1 saturated heterocycles. The van der Waals surface area contributed by atoms with Gasteiger partial charge in [0.1, 0.15) is 0 Å². The molecule has 2 N–H and O–H groups in total. The van der Waals surface area contributed by atoms with Crippen LogP contribution >= 0.6 is 11.3 Å². The Balaban J connectivity index is 1.43. The number of nitrogens with one attached hydrogen (secondary N) is 2. The molecule has 0 bridgehead atoms. The SMILES string of the molecule is O=C(CCNC(=O)c1ccccc1)NC[C@@H](c1cccs1)N1CCCC1. The van der Waals surface area contributed by atoms with E-state index in [9.17, 15) is 9.59 Å². The van der Waals surface area contributed by atoms with Crippen molar-refractivity contribution in [3.8, 4) is 0 Å². The Morgan fingerprint density at radius 3 is 2.50 bits per heavy atom. The van der Waals surface area contributed by atoms with Crippen LogP contribution < -0.4 is 10.6 Å². The molecule has 1 aromatic heterocycles. The van der Waals surface area contributed by atoms with E-state index < -0.39 is 0 Å². The average Bonchev–Trinajstić information content (AvgIpc) is 3.37. The van der Waals surface area contributed by atoms with Crippen LogP contribution in [0.15, 0.2) is 47.8 Å². The first kappa shape index (κ1) is 18.6. The molecule has 0 aliphatic carbocycles. The van der Waals surface area contributed by atoms with Crippen LogP contribution in [-0.2, 0) is 4.79 Å². The van der Waals surface area contributed by atoms with Gasteiger partial charge in [-0.25, -0.2) is 0 Å². The predicted octanol–water partition coefficient (Wildman–Crippen LogP) is 2.82. The second kappa shape index (κ2) is 9.50. The molecule has 0 saturated carbocycles. The number of hydrogen-bond acceptors (Lipinski definition) is 4. The first-order chi connectivity index (χ1) is 12.7. The number of hydrogen-bond donors (Lipinski definition) is 2. The molecule has 1 aromatic carbocycles. The van der Waals surface area contributed by atoms with Crippen LogP contribution in [0.5, 0.6) is 0 Å². The minimum atomic E-state index is -0.146. The summed E-state index contributed by atoms with van der Waals surface area (Å²) in [6.45, 7) is 3.13. The number of carbonyl (C=O) groups is 2. The zero-order chi connectivity index (χ0) is 18.2. The zero-order valence-electron chi connectivity index (χ0n) is 14.8. The van der Waals surface area contributed by atoms with E-state index in [1.807, 2.05) is 18.2 Å². The molecule has 1 atom stereocenters. The van der Waals surface area contributed by atoms with Gasteiger partial charge in [-0.15, -0.1) is 11.3 Å². The minimum Gasteiger partial charge on any atom is -0.354 e. The van der Waals surface area contributed by atoms with Crippen LogP contribution in [-0.4, -0.2) is 42.9 Å². The van der Waals surface area contributed by atoms with Crippen LogP contribution in [0.3, 0.4) is 0 Å². The smallest absolute Gasteiger partial charge is 0.251 e. The first-order valence-corrected chi connectivity index (χ1v) is 9.99. The normalized spacial score (nSPS) is 15.5. The summed E-state index contributed by atoms with van der Waals surface area (Å²) in [4.78, 5) is 27.9. The van der Waals surface area contributed by atoms with Crippen molar-refractivity contribution in [1.29, 1.82) is 0 Å². The second-order valence-corrected chi connectivity index (χ2v) is 7.43. The summed E-state index contributed by atoms with van der Waals surface area (Å²) >= 11 is 1.74. The van der Waals surface area contributed by atoms with Crippen molar-refractivity contribution < 1.29 is 9.59 Å². The molecule has 0 spiro atoms. The maximum Gasteiger partial charge on any atom is 0.251 e. The number of rotatable bonds is 8. The van der Waals surface area contributed by atoms with Crippen LogP contribution in [0.4, 0.5) is 0 Å². The van der Waals surface area contributed by atoms with Gasteiger partial charge in [-0.05, 0) is 49.5 Å². The van der Waals surface area contributed by atoms with Gasteiger partial charge in [0.25, 0.3) is 5.91 Å². The molecule has 0 unspecified atom stereocenters. The average molecular weight is 372 g/mol. The molecule has 2 heterocycles. The van der Waals surface area contributed by atoms with Crippen molar-refractivity contribution in [3.05, 3.63) is 58.3 Å². The summed E-state index contributed by atoms with van der Waals surface area (Å²) in [7, 11) is 0. The number of carbonyl (C=O) groups excluding carboxylic acids is 2. The summed E-state index contributed by atoms with van der Waals surface area (Å²) < 4.78 is 0. The lowest BCUT2D eigenvalue weighted by Crippen LogP contribution is -2.37. The topological polar surface area (TPSA) is 61.4 Å². The van der Waals surface area contributed by atoms with Gasteiger partial charge >= 0.3 is 0 Å². The zero-order valence-corrected chi connectivity index (χ0v) is 15.6. The third-order valence-electron chi connectivity index (χ3n) is 4.62. The van der Waals surface area contributed by atoms with Crippen molar-refractivity contribution >= 4 is 23.2 Å². The van der Waals surface area contributed by atoms with Crippen LogP contribution in [0.1, 0.15) is 40.5 Å². The highest BCUT2D eigenvalue weighted by Crippen LogP contribution is 2.27. The molecule has 3 rings (SSSR count). The van der Waals surface area contributed by atoms with E-state index in [0.717, 1.165) is 13.1 Å². The molecule has 2 amide bonds. The fourth-order valence-corrected chi connectivity index (χ4v) is 4.08. The minimum absolute atomic E-state index is 0.0286. The van der Waals surface area contributed by atoms with Gasteiger partial charge < -0.3 is 10.6 Å². The van der Waals surface area contributed by atoms with Gasteiger partial charge in [-0.1, -0.05) is 24.3 Å². The van der Waals surface area contributed by atoms with Crippen molar-refractivity contribution in [2.75, 3.05) is 26.2 Å². The van der Waals surface area contributed by atoms with Crippen LogP contribution in [0.25, 0.3) is 0 Å². The Hall–Kier alpha value is -2.18. The van der Waals surface area contributed by atoms with Gasteiger partial charge in [0.05, 0.1) is 6.04 Å². The van der Waals surface area contributed by atoms with E-state index in [0.29, 0.717) is 18.7 Å². The first-order valence-electron chi connectivity index (χ1n) is 9.11. The molecule has 5 nitrogen and oxygen atoms in total. The lowest BCUT2D eigenvalue weighted by molar-refractivity contribution is -0.121. The van der Waals surface area contributed by atoms with E-state index in [4.69, 9.17) is 0 Å². The van der Waals surface area contributed by atoms with Gasteiger partial charge in [0.2, 0.25) is 5.91 Å². The highest BCUT2D eigenvalue weighted by molar-refractivity contribution is 7.10. The monoisotopic (exact) mass is 371 g/mol. The summed E-state index contributed by atoms with van der Waals surface area (Å²) in [5.74, 6) is -0.175. The molecule has 1 aliphatic heterocycles. The molecule has 138 valence electrons. The molecule has 0 radical (unpaired) electrons. The molecule has 6 heteroatoms. The maximum absolute atomic E-state index is 12.2. The van der Waals surface area contributed by atoms with Gasteiger partial charge in [0, 0.05) is 30.0 Å². The third kappa shape index (κ3) is 5.16. The van der Waals surface area contributed by atoms with Gasteiger partial charge in [-0.3, -0.25) is 14.5 Å². The van der Waals surface area contributed by atoms with E-state index in [2.05, 4.69) is 33.0 Å². The fraction of sp³-hybridized carbons (Fsp3) is 0.400. The standard InChI is InChI=1S/C20H25N3O2S/c24-19(10-11-21-20(25)16-7-2-1-3-8-16)22-15-17(18-9-6-14-26-18)23-12-4-5-13-23/h1-3,6-9,14,17H,4-5,10-13,15H2,(H,21,25)(H,22,24)/t17-/m0/s1. The molecule has 1 aliphatic rings. The van der Waals surface area contributed by atoms with Crippen LogP contribution in [0, 0.1) is 0 Å². The Morgan fingerprint density at radius 1 is 1.04 bits per heavy atom. The number of nitrogens with zero attached hydrogens (tertiary/aromatic N) is 1. The molecular weight excluding hydrogens is 346 g/mol. The molecule has 26 heavy (non-hydrogen) atoms. The highest BCUT2D eigenvalue weighted by Gasteiger charge is 2.24. The van der Waals surface area contributed by atoms with Crippen molar-refractivity contribution in [3.63, 3.8) is 0 Å². The Morgan fingerprint density at radius 2 is 1.81 bits per heavy atom. The summed E-state index contributed by atoms with van der Waals surface area (Å²) in [5, 5.41) is 7.91.